The molecule has 11 aromatic carbocycles. The Morgan fingerprint density at radius 1 is 0.333 bits per heavy atom. The van der Waals surface area contributed by atoms with Crippen molar-refractivity contribution >= 4 is 137 Å². The molecule has 0 amide bonds. The van der Waals surface area contributed by atoms with Crippen molar-refractivity contribution in [1.82, 2.24) is 18.3 Å². The van der Waals surface area contributed by atoms with Crippen LogP contribution in [0.4, 0.5) is 5.69 Å². The van der Waals surface area contributed by atoms with Crippen LogP contribution in [0.1, 0.15) is 16.7 Å². The summed E-state index contributed by atoms with van der Waals surface area (Å²) in [5.74, 6) is 0. The van der Waals surface area contributed by atoms with E-state index in [4.69, 9.17) is 8.83 Å². The molecular formula is C70H40N6O2. The molecule has 0 aliphatic rings. The predicted molar refractivity (Wildman–Crippen MR) is 319 cm³/mol. The molecule has 0 N–H and O–H groups in total. The Kier molecular flexibility index (Phi) is 8.40. The van der Waals surface area contributed by atoms with E-state index in [0.717, 1.165) is 154 Å². The Morgan fingerprint density at radius 2 is 0.679 bits per heavy atom. The van der Waals surface area contributed by atoms with Gasteiger partial charge < -0.3 is 27.1 Å². The molecule has 0 unspecified atom stereocenters. The lowest BCUT2D eigenvalue weighted by molar-refractivity contribution is 0.669. The van der Waals surface area contributed by atoms with Crippen molar-refractivity contribution in [2.24, 2.45) is 0 Å². The van der Waals surface area contributed by atoms with E-state index in [2.05, 4.69) is 213 Å². The van der Waals surface area contributed by atoms with Crippen LogP contribution >= 0.6 is 0 Å². The zero-order valence-corrected chi connectivity index (χ0v) is 42.1. The number of hydrogen-bond donors (Lipinski definition) is 0. The number of aryl methyl sites for hydroxylation is 2. The van der Waals surface area contributed by atoms with Crippen LogP contribution < -0.4 is 0 Å². The molecule has 362 valence electrons. The average molecular weight is 997 g/mol. The lowest BCUT2D eigenvalue weighted by atomic mass is 10.0. The number of aromatic nitrogens is 4. The van der Waals surface area contributed by atoms with E-state index in [-0.39, 0.29) is 11.3 Å². The fourth-order valence-electron chi connectivity index (χ4n) is 13.3. The Labute approximate surface area is 444 Å². The van der Waals surface area contributed by atoms with E-state index in [1.54, 1.807) is 0 Å². The monoisotopic (exact) mass is 996 g/mol. The second-order valence-electron chi connectivity index (χ2n) is 20.7. The van der Waals surface area contributed by atoms with E-state index < -0.39 is 0 Å². The fourth-order valence-corrected chi connectivity index (χ4v) is 13.3. The third-order valence-electron chi connectivity index (χ3n) is 16.5. The molecule has 6 aromatic heterocycles. The van der Waals surface area contributed by atoms with Crippen molar-refractivity contribution in [1.29, 1.82) is 5.26 Å². The zero-order chi connectivity index (χ0) is 51.7. The molecule has 17 rings (SSSR count). The minimum absolute atomic E-state index is 0.224. The Bertz CT molecular complexity index is 5180. The third kappa shape index (κ3) is 5.49. The SMILES string of the molecule is [C-]#[N+]c1c(C#N)c(-n2c3ccc(C)cc3c3cc4oc5ccccc5c4cc32)c(-n2c3ccccc3c3ccccc32)c(-n2c3ccccc3c3ccccc32)c1-n1c2ccc(C)cc2c2cc3oc4ccccc4c3cc21. The number of nitrogens with zero attached hydrogens (tertiary/aromatic N) is 6. The van der Waals surface area contributed by atoms with E-state index in [9.17, 15) is 11.8 Å². The number of benzene rings is 11. The van der Waals surface area contributed by atoms with Gasteiger partial charge >= 0.3 is 0 Å². The minimum atomic E-state index is 0.224. The van der Waals surface area contributed by atoms with Gasteiger partial charge in [0.2, 0.25) is 5.69 Å². The van der Waals surface area contributed by atoms with Gasteiger partial charge in [0, 0.05) is 64.6 Å². The normalized spacial score (nSPS) is 12.2. The first-order valence-corrected chi connectivity index (χ1v) is 26.2. The van der Waals surface area contributed by atoms with Crippen LogP contribution in [-0.4, -0.2) is 18.3 Å². The molecule has 0 fully saturated rings. The summed E-state index contributed by atoms with van der Waals surface area (Å²) in [7, 11) is 0. The van der Waals surface area contributed by atoms with Gasteiger partial charge in [-0.3, -0.25) is 0 Å². The highest BCUT2D eigenvalue weighted by molar-refractivity contribution is 6.21. The standard InChI is InChI=1S/C70H40N6O2/c1-39-28-30-58-47(32-39)49-36-64-51(45-20-8-14-26-62(45)77-64)34-60(49)75(58)67-53(38-71)66(72-3)68(76-59-31-29-40(2)33-48(59)50-37-65-52(35-61(50)76)46-21-9-15-27-63(46)78-65)70(74-56-24-12-6-18-43(56)44-19-7-13-25-57(44)74)69(67)73-54-22-10-4-16-41(54)42-17-5-11-23-55(42)73/h4-37H,1-2H3. The van der Waals surface area contributed by atoms with Crippen LogP contribution in [0.5, 0.6) is 0 Å². The summed E-state index contributed by atoms with van der Waals surface area (Å²) >= 11 is 0. The van der Waals surface area contributed by atoms with Crippen LogP contribution in [0.3, 0.4) is 0 Å². The van der Waals surface area contributed by atoms with E-state index in [1.165, 1.54) is 0 Å². The van der Waals surface area contributed by atoms with Gasteiger partial charge in [-0.2, -0.15) is 5.26 Å². The highest BCUT2D eigenvalue weighted by Gasteiger charge is 2.35. The van der Waals surface area contributed by atoms with Crippen LogP contribution in [0, 0.1) is 31.8 Å². The van der Waals surface area contributed by atoms with Crippen LogP contribution in [0.2, 0.25) is 0 Å². The average Bonchev–Trinajstić information content (AvgIpc) is 3.44. The lowest BCUT2D eigenvalue weighted by Crippen LogP contribution is -2.15. The van der Waals surface area contributed by atoms with Crippen molar-refractivity contribution in [2.45, 2.75) is 13.8 Å². The number of hydrogen-bond acceptors (Lipinski definition) is 3. The number of fused-ring (bicyclic) bond motifs is 18. The number of nitriles is 1. The van der Waals surface area contributed by atoms with Gasteiger partial charge in [-0.1, -0.05) is 132 Å². The molecule has 78 heavy (non-hydrogen) atoms. The summed E-state index contributed by atoms with van der Waals surface area (Å²) in [6.45, 7) is 13.9. The highest BCUT2D eigenvalue weighted by atomic mass is 16.3. The Morgan fingerprint density at radius 3 is 1.10 bits per heavy atom. The molecule has 0 spiro atoms. The Balaban J connectivity index is 1.20. The molecule has 0 aliphatic carbocycles. The zero-order valence-electron chi connectivity index (χ0n) is 42.1. The maximum atomic E-state index is 12.5. The summed E-state index contributed by atoms with van der Waals surface area (Å²) in [4.78, 5) is 4.67. The predicted octanol–water partition coefficient (Wildman–Crippen LogP) is 18.9. The second kappa shape index (κ2) is 15.4. The summed E-state index contributed by atoms with van der Waals surface area (Å²) in [6.07, 6.45) is 0. The van der Waals surface area contributed by atoms with Crippen LogP contribution in [-0.2, 0) is 0 Å². The van der Waals surface area contributed by atoms with Crippen molar-refractivity contribution in [3.8, 4) is 28.8 Å². The van der Waals surface area contributed by atoms with Crippen molar-refractivity contribution < 1.29 is 8.83 Å². The molecule has 0 aliphatic heterocycles. The molecule has 0 radical (unpaired) electrons. The van der Waals surface area contributed by atoms with Gasteiger partial charge in [-0.25, -0.2) is 4.85 Å². The van der Waals surface area contributed by atoms with Gasteiger partial charge in [-0.15, -0.1) is 0 Å². The topological polar surface area (TPSA) is 74.2 Å². The first-order chi connectivity index (χ1) is 38.4. The first-order valence-electron chi connectivity index (χ1n) is 26.2. The molecular weight excluding hydrogens is 957 g/mol. The third-order valence-corrected chi connectivity index (χ3v) is 16.5. The van der Waals surface area contributed by atoms with Crippen molar-refractivity contribution in [3.63, 3.8) is 0 Å². The van der Waals surface area contributed by atoms with Crippen LogP contribution in [0.25, 0.3) is 159 Å². The molecule has 0 saturated heterocycles. The quantitative estimate of drug-likeness (QED) is 0.165. The molecule has 0 bridgehead atoms. The van der Waals surface area contributed by atoms with E-state index in [0.29, 0.717) is 11.4 Å². The number of furan rings is 2. The molecule has 0 atom stereocenters. The van der Waals surface area contributed by atoms with E-state index in [1.807, 2.05) is 36.4 Å². The Hall–Kier alpha value is -10.8. The summed E-state index contributed by atoms with van der Waals surface area (Å²) in [5.41, 5.74) is 15.8. The number of para-hydroxylation sites is 6. The molecule has 8 nitrogen and oxygen atoms in total. The van der Waals surface area contributed by atoms with Gasteiger partial charge in [-0.05, 0) is 98.8 Å². The largest absolute Gasteiger partial charge is 0.456 e. The summed E-state index contributed by atoms with van der Waals surface area (Å²) in [6, 6.07) is 75.2. The smallest absolute Gasteiger partial charge is 0.232 e. The summed E-state index contributed by atoms with van der Waals surface area (Å²) < 4.78 is 22.5. The highest BCUT2D eigenvalue weighted by Crippen LogP contribution is 2.53. The fraction of sp³-hybridized carbons (Fsp3) is 0.0286. The van der Waals surface area contributed by atoms with Crippen molar-refractivity contribution in [3.05, 3.63) is 234 Å². The van der Waals surface area contributed by atoms with Crippen molar-refractivity contribution in [2.75, 3.05) is 0 Å². The second-order valence-corrected chi connectivity index (χ2v) is 20.7. The molecule has 6 heterocycles. The van der Waals surface area contributed by atoms with Gasteiger partial charge in [0.05, 0.1) is 85.1 Å². The van der Waals surface area contributed by atoms with Gasteiger partial charge in [0.1, 0.15) is 22.3 Å². The first kappa shape index (κ1) is 42.5. The maximum Gasteiger partial charge on any atom is 0.232 e. The van der Waals surface area contributed by atoms with Gasteiger partial charge in [0.25, 0.3) is 0 Å². The van der Waals surface area contributed by atoms with E-state index >= 15 is 0 Å². The molecule has 0 saturated carbocycles. The summed E-state index contributed by atoms with van der Waals surface area (Å²) in [5, 5.41) is 24.6. The molecule has 8 heteroatoms. The van der Waals surface area contributed by atoms with Gasteiger partial charge in [0.15, 0.2) is 0 Å². The number of rotatable bonds is 4. The lowest BCUT2D eigenvalue weighted by Gasteiger charge is -2.28. The van der Waals surface area contributed by atoms with Crippen LogP contribution in [0.15, 0.2) is 215 Å². The minimum Gasteiger partial charge on any atom is -0.456 e. The molecule has 17 aromatic rings. The maximum absolute atomic E-state index is 12.5.